The van der Waals surface area contributed by atoms with E-state index in [4.69, 9.17) is 4.74 Å². The fourth-order valence-electron chi connectivity index (χ4n) is 1.64. The highest BCUT2D eigenvalue weighted by atomic mass is 16.5. The van der Waals surface area contributed by atoms with Gasteiger partial charge < -0.3 is 15.2 Å². The first kappa shape index (κ1) is 18.9. The van der Waals surface area contributed by atoms with Crippen molar-refractivity contribution in [3.8, 4) is 0 Å². The molecule has 19 heavy (non-hydrogen) atoms. The van der Waals surface area contributed by atoms with E-state index in [0.717, 1.165) is 25.5 Å². The fourth-order valence-corrected chi connectivity index (χ4v) is 1.64. The molecule has 0 aromatic heterocycles. The molecule has 0 heterocycles. The molecule has 116 valence electrons. The number of aliphatic hydroxyl groups excluding tert-OH is 1. The van der Waals surface area contributed by atoms with Crippen LogP contribution in [0.1, 0.15) is 54.4 Å². The minimum atomic E-state index is -0.401. The molecule has 0 rings (SSSR count). The van der Waals surface area contributed by atoms with Gasteiger partial charge in [0, 0.05) is 19.7 Å². The van der Waals surface area contributed by atoms with Crippen LogP contribution < -0.4 is 5.32 Å². The molecule has 0 bridgehead atoms. The van der Waals surface area contributed by atoms with Gasteiger partial charge in [0.05, 0.1) is 12.7 Å². The summed E-state index contributed by atoms with van der Waals surface area (Å²) in [6, 6.07) is 0. The van der Waals surface area contributed by atoms with E-state index in [9.17, 15) is 5.11 Å². The Morgan fingerprint density at radius 2 is 1.79 bits per heavy atom. The van der Waals surface area contributed by atoms with Crippen LogP contribution in [0.5, 0.6) is 0 Å². The molecular weight excluding hydrogens is 238 g/mol. The summed E-state index contributed by atoms with van der Waals surface area (Å²) in [5.41, 5.74) is 0.262. The molecule has 3 heteroatoms. The van der Waals surface area contributed by atoms with Crippen LogP contribution in [-0.2, 0) is 4.74 Å². The van der Waals surface area contributed by atoms with Crippen molar-refractivity contribution in [1.29, 1.82) is 0 Å². The van der Waals surface area contributed by atoms with E-state index in [1.807, 2.05) is 0 Å². The second-order valence-electron chi connectivity index (χ2n) is 7.04. The maximum absolute atomic E-state index is 9.81. The highest BCUT2D eigenvalue weighted by Crippen LogP contribution is 2.24. The summed E-state index contributed by atoms with van der Waals surface area (Å²) < 4.78 is 5.49. The first-order valence-corrected chi connectivity index (χ1v) is 7.72. The quantitative estimate of drug-likeness (QED) is 0.568. The van der Waals surface area contributed by atoms with Crippen molar-refractivity contribution in [3.63, 3.8) is 0 Å². The maximum atomic E-state index is 9.81. The van der Waals surface area contributed by atoms with Gasteiger partial charge in [-0.3, -0.25) is 0 Å². The fraction of sp³-hybridized carbons (Fsp3) is 1.00. The molecule has 0 amide bonds. The lowest BCUT2D eigenvalue weighted by Gasteiger charge is -2.30. The second-order valence-corrected chi connectivity index (χ2v) is 7.04. The number of ether oxygens (including phenoxy) is 1. The number of hydrogen-bond acceptors (Lipinski definition) is 3. The molecule has 0 radical (unpaired) electrons. The molecule has 0 spiro atoms. The molecular formula is C16H35NO2. The number of hydrogen-bond donors (Lipinski definition) is 2. The Morgan fingerprint density at radius 1 is 1.16 bits per heavy atom. The van der Waals surface area contributed by atoms with Gasteiger partial charge in [-0.15, -0.1) is 0 Å². The molecule has 1 atom stereocenters. The molecule has 2 N–H and O–H groups in total. The summed E-state index contributed by atoms with van der Waals surface area (Å²) in [7, 11) is 0. The second kappa shape index (κ2) is 9.73. The predicted octanol–water partition coefficient (Wildman–Crippen LogP) is 3.07. The Morgan fingerprint density at radius 3 is 2.32 bits per heavy atom. The van der Waals surface area contributed by atoms with Gasteiger partial charge in [0.15, 0.2) is 0 Å². The topological polar surface area (TPSA) is 41.5 Å². The normalized spacial score (nSPS) is 14.4. The minimum Gasteiger partial charge on any atom is -0.389 e. The molecule has 3 nitrogen and oxygen atoms in total. The zero-order valence-electron chi connectivity index (χ0n) is 13.8. The monoisotopic (exact) mass is 273 g/mol. The number of aliphatic hydroxyl groups is 1. The Hall–Kier alpha value is -0.120. The zero-order chi connectivity index (χ0) is 14.9. The van der Waals surface area contributed by atoms with Gasteiger partial charge in [0.2, 0.25) is 0 Å². The molecule has 0 aliphatic carbocycles. The summed E-state index contributed by atoms with van der Waals surface area (Å²) in [6.45, 7) is 16.1. The van der Waals surface area contributed by atoms with Gasteiger partial charge >= 0.3 is 0 Å². The van der Waals surface area contributed by atoms with E-state index in [-0.39, 0.29) is 5.41 Å². The van der Waals surface area contributed by atoms with Crippen LogP contribution >= 0.6 is 0 Å². The van der Waals surface area contributed by atoms with Crippen LogP contribution in [0.3, 0.4) is 0 Å². The first-order valence-electron chi connectivity index (χ1n) is 7.72. The molecule has 0 aromatic rings. The molecule has 0 aromatic carbocycles. The molecule has 1 unspecified atom stereocenters. The van der Waals surface area contributed by atoms with Gasteiger partial charge in [-0.05, 0) is 30.1 Å². The lowest BCUT2D eigenvalue weighted by atomic mass is 9.81. The van der Waals surface area contributed by atoms with Gasteiger partial charge in [0.1, 0.15) is 0 Å². The van der Waals surface area contributed by atoms with Crippen LogP contribution in [-0.4, -0.2) is 37.5 Å². The van der Waals surface area contributed by atoms with Crippen molar-refractivity contribution in [1.82, 2.24) is 5.32 Å². The summed E-state index contributed by atoms with van der Waals surface area (Å²) in [5, 5.41) is 13.1. The third-order valence-corrected chi connectivity index (χ3v) is 3.90. The summed E-state index contributed by atoms with van der Waals surface area (Å²) in [5.74, 6) is 1.36. The van der Waals surface area contributed by atoms with E-state index < -0.39 is 6.10 Å². The largest absolute Gasteiger partial charge is 0.389 e. The van der Waals surface area contributed by atoms with Crippen molar-refractivity contribution >= 4 is 0 Å². The molecule has 0 aliphatic rings. The predicted molar refractivity (Wildman–Crippen MR) is 82.4 cm³/mol. The molecule has 0 aliphatic heterocycles. The Bertz CT molecular complexity index is 215. The Labute approximate surface area is 120 Å². The van der Waals surface area contributed by atoms with E-state index in [1.165, 1.54) is 6.42 Å². The van der Waals surface area contributed by atoms with Crippen LogP contribution in [0.15, 0.2) is 0 Å². The first-order chi connectivity index (χ1) is 8.75. The number of rotatable bonds is 11. The van der Waals surface area contributed by atoms with Crippen molar-refractivity contribution in [3.05, 3.63) is 0 Å². The van der Waals surface area contributed by atoms with Crippen LogP contribution in [0.4, 0.5) is 0 Å². The average molecular weight is 273 g/mol. The molecule has 0 saturated heterocycles. The van der Waals surface area contributed by atoms with E-state index in [1.54, 1.807) is 0 Å². The Kier molecular flexibility index (Phi) is 9.67. The minimum absolute atomic E-state index is 0.262. The molecule has 0 fully saturated rings. The summed E-state index contributed by atoms with van der Waals surface area (Å²) in [4.78, 5) is 0. The maximum Gasteiger partial charge on any atom is 0.0897 e. The lowest BCUT2D eigenvalue weighted by Crippen LogP contribution is -2.38. The van der Waals surface area contributed by atoms with Crippen molar-refractivity contribution in [2.45, 2.75) is 60.5 Å². The third-order valence-electron chi connectivity index (χ3n) is 3.90. The van der Waals surface area contributed by atoms with Crippen molar-refractivity contribution in [2.24, 2.45) is 17.3 Å². The molecule has 0 saturated carbocycles. The van der Waals surface area contributed by atoms with E-state index in [2.05, 4.69) is 46.9 Å². The van der Waals surface area contributed by atoms with Crippen LogP contribution in [0.25, 0.3) is 0 Å². The third kappa shape index (κ3) is 10.3. The van der Waals surface area contributed by atoms with Gasteiger partial charge in [-0.25, -0.2) is 0 Å². The van der Waals surface area contributed by atoms with Gasteiger partial charge in [-0.1, -0.05) is 41.5 Å². The number of nitrogens with one attached hydrogen (secondary N) is 1. The summed E-state index contributed by atoms with van der Waals surface area (Å²) >= 11 is 0. The average Bonchev–Trinajstić information content (AvgIpc) is 2.27. The highest BCUT2D eigenvalue weighted by molar-refractivity contribution is 4.75. The lowest BCUT2D eigenvalue weighted by molar-refractivity contribution is 0.0331. The smallest absolute Gasteiger partial charge is 0.0897 e. The zero-order valence-corrected chi connectivity index (χ0v) is 13.8. The van der Waals surface area contributed by atoms with Gasteiger partial charge in [0.25, 0.3) is 0 Å². The standard InChI is InChI=1S/C16H35NO2/c1-13(2)8-7-9-19-11-15(18)10-17-12-16(5,6)14(3)4/h13-15,17-18H,7-12H2,1-6H3. The van der Waals surface area contributed by atoms with E-state index >= 15 is 0 Å². The van der Waals surface area contributed by atoms with Crippen molar-refractivity contribution < 1.29 is 9.84 Å². The highest BCUT2D eigenvalue weighted by Gasteiger charge is 2.21. The van der Waals surface area contributed by atoms with E-state index in [0.29, 0.717) is 19.1 Å². The van der Waals surface area contributed by atoms with Crippen molar-refractivity contribution in [2.75, 3.05) is 26.3 Å². The SMILES string of the molecule is CC(C)CCCOCC(O)CNCC(C)(C)C(C)C. The Balaban J connectivity index is 3.52. The van der Waals surface area contributed by atoms with Crippen LogP contribution in [0, 0.1) is 17.3 Å². The van der Waals surface area contributed by atoms with Gasteiger partial charge in [-0.2, -0.15) is 0 Å². The van der Waals surface area contributed by atoms with Crippen LogP contribution in [0.2, 0.25) is 0 Å². The summed E-state index contributed by atoms with van der Waals surface area (Å²) in [6.07, 6.45) is 1.87.